The molecule has 1 aromatic heterocycles. The fourth-order valence-corrected chi connectivity index (χ4v) is 3.22. The number of benzene rings is 1. The van der Waals surface area contributed by atoms with Crippen molar-refractivity contribution in [2.24, 2.45) is 5.92 Å². The van der Waals surface area contributed by atoms with E-state index >= 15 is 0 Å². The Balaban J connectivity index is 1.81. The van der Waals surface area contributed by atoms with Crippen LogP contribution in [0.3, 0.4) is 0 Å². The van der Waals surface area contributed by atoms with E-state index in [9.17, 15) is 4.79 Å². The Labute approximate surface area is 163 Å². The Hall–Kier alpha value is -2.54. The fraction of sp³-hybridized carbons (Fsp3) is 0.421. The van der Waals surface area contributed by atoms with E-state index < -0.39 is 0 Å². The minimum Gasteiger partial charge on any atom is -0.495 e. The lowest BCUT2D eigenvalue weighted by molar-refractivity contribution is 0.0691. The third-order valence-corrected chi connectivity index (χ3v) is 4.96. The molecule has 2 heterocycles. The molecule has 1 aliphatic rings. The summed E-state index contributed by atoms with van der Waals surface area (Å²) >= 11 is 6.13. The second kappa shape index (κ2) is 8.43. The topological polar surface area (TPSA) is 76.6 Å². The molecule has 1 N–H and O–H groups in total. The molecule has 27 heavy (non-hydrogen) atoms. The number of nitrogens with zero attached hydrogens (tertiary/aromatic N) is 3. The van der Waals surface area contributed by atoms with Gasteiger partial charge in [0.1, 0.15) is 17.2 Å². The Morgan fingerprint density at radius 3 is 2.59 bits per heavy atom. The first-order valence-electron chi connectivity index (χ1n) is 8.82. The number of methoxy groups -OCH3 is 2. The fourth-order valence-electron chi connectivity index (χ4n) is 2.99. The highest BCUT2D eigenvalue weighted by atomic mass is 35.5. The predicted molar refractivity (Wildman–Crippen MR) is 104 cm³/mol. The van der Waals surface area contributed by atoms with Crippen molar-refractivity contribution in [1.82, 2.24) is 14.9 Å². The van der Waals surface area contributed by atoms with Gasteiger partial charge in [0.2, 0.25) is 5.95 Å². The number of carbonyl (C=O) groups is 1. The lowest BCUT2D eigenvalue weighted by atomic mass is 9.99. The first kappa shape index (κ1) is 19.2. The lowest BCUT2D eigenvalue weighted by Gasteiger charge is -2.30. The van der Waals surface area contributed by atoms with Crippen LogP contribution in [0.25, 0.3) is 0 Å². The van der Waals surface area contributed by atoms with E-state index in [1.54, 1.807) is 31.5 Å². The van der Waals surface area contributed by atoms with Crippen LogP contribution in [0.15, 0.2) is 24.4 Å². The number of piperidine rings is 1. The first-order chi connectivity index (χ1) is 13.0. The maximum atomic E-state index is 12.7. The summed E-state index contributed by atoms with van der Waals surface area (Å²) in [6.45, 7) is 3.73. The molecule has 0 atom stereocenters. The number of hydrogen-bond donors (Lipinski definition) is 1. The summed E-state index contributed by atoms with van der Waals surface area (Å²) in [7, 11) is 3.08. The highest BCUT2D eigenvalue weighted by molar-refractivity contribution is 6.32. The van der Waals surface area contributed by atoms with E-state index in [0.29, 0.717) is 39.8 Å². The van der Waals surface area contributed by atoms with E-state index in [1.165, 1.54) is 7.11 Å². The van der Waals surface area contributed by atoms with Crippen LogP contribution in [0.4, 0.5) is 11.6 Å². The third kappa shape index (κ3) is 4.42. The minimum absolute atomic E-state index is 0.0759. The highest BCUT2D eigenvalue weighted by Gasteiger charge is 2.22. The van der Waals surface area contributed by atoms with Crippen molar-refractivity contribution in [2.75, 3.05) is 32.6 Å². The van der Waals surface area contributed by atoms with Gasteiger partial charge in [0.05, 0.1) is 24.9 Å². The molecule has 8 heteroatoms. The molecule has 0 aliphatic carbocycles. The Kier molecular flexibility index (Phi) is 6.01. The van der Waals surface area contributed by atoms with Crippen molar-refractivity contribution >= 4 is 29.1 Å². The summed E-state index contributed by atoms with van der Waals surface area (Å²) in [6.07, 6.45) is 3.60. The zero-order valence-electron chi connectivity index (χ0n) is 15.7. The summed E-state index contributed by atoms with van der Waals surface area (Å²) in [5.74, 6) is 1.90. The van der Waals surface area contributed by atoms with Crippen LogP contribution in [-0.4, -0.2) is 48.1 Å². The zero-order valence-corrected chi connectivity index (χ0v) is 16.4. The van der Waals surface area contributed by atoms with Crippen LogP contribution in [-0.2, 0) is 0 Å². The molecular formula is C19H23ClN4O3. The van der Waals surface area contributed by atoms with Gasteiger partial charge in [0, 0.05) is 31.4 Å². The molecule has 0 radical (unpaired) electrons. The van der Waals surface area contributed by atoms with Crippen molar-refractivity contribution < 1.29 is 14.3 Å². The number of aromatic nitrogens is 2. The number of amides is 1. The third-order valence-electron chi connectivity index (χ3n) is 4.67. The SMILES string of the molecule is COc1cc(Nc2nccc(C(=O)N3CCC(C)CC3)n2)c(OC)cc1Cl. The van der Waals surface area contributed by atoms with Gasteiger partial charge in [0.15, 0.2) is 0 Å². The van der Waals surface area contributed by atoms with E-state index in [1.807, 2.05) is 4.90 Å². The summed E-state index contributed by atoms with van der Waals surface area (Å²) in [5, 5.41) is 3.51. The van der Waals surface area contributed by atoms with Gasteiger partial charge in [-0.3, -0.25) is 4.79 Å². The average Bonchev–Trinajstić information content (AvgIpc) is 2.69. The second-order valence-electron chi connectivity index (χ2n) is 6.55. The summed E-state index contributed by atoms with van der Waals surface area (Å²) < 4.78 is 10.6. The molecular weight excluding hydrogens is 368 g/mol. The molecule has 1 aromatic carbocycles. The summed E-state index contributed by atoms with van der Waals surface area (Å²) in [5.41, 5.74) is 0.956. The number of nitrogens with one attached hydrogen (secondary N) is 1. The Bertz CT molecular complexity index is 823. The number of ether oxygens (including phenoxy) is 2. The molecule has 7 nitrogen and oxygen atoms in total. The van der Waals surface area contributed by atoms with Crippen LogP contribution in [0.1, 0.15) is 30.3 Å². The smallest absolute Gasteiger partial charge is 0.272 e. The molecule has 2 aromatic rings. The van der Waals surface area contributed by atoms with E-state index in [-0.39, 0.29) is 5.91 Å². The van der Waals surface area contributed by atoms with Gasteiger partial charge in [-0.1, -0.05) is 18.5 Å². The molecule has 3 rings (SSSR count). The van der Waals surface area contributed by atoms with Gasteiger partial charge in [-0.15, -0.1) is 0 Å². The maximum Gasteiger partial charge on any atom is 0.272 e. The van der Waals surface area contributed by atoms with Crippen LogP contribution < -0.4 is 14.8 Å². The van der Waals surface area contributed by atoms with E-state index in [0.717, 1.165) is 25.9 Å². The van der Waals surface area contributed by atoms with Gasteiger partial charge in [-0.2, -0.15) is 0 Å². The first-order valence-corrected chi connectivity index (χ1v) is 9.20. The number of anilines is 2. The van der Waals surface area contributed by atoms with E-state index in [4.69, 9.17) is 21.1 Å². The van der Waals surface area contributed by atoms with Gasteiger partial charge in [-0.25, -0.2) is 9.97 Å². The van der Waals surface area contributed by atoms with Crippen molar-refractivity contribution in [1.29, 1.82) is 0 Å². The van der Waals surface area contributed by atoms with Crippen molar-refractivity contribution in [3.8, 4) is 11.5 Å². The lowest BCUT2D eigenvalue weighted by Crippen LogP contribution is -2.38. The molecule has 1 amide bonds. The summed E-state index contributed by atoms with van der Waals surface area (Å²) in [6, 6.07) is 4.98. The van der Waals surface area contributed by atoms with Gasteiger partial charge < -0.3 is 19.7 Å². The van der Waals surface area contributed by atoms with Gasteiger partial charge >= 0.3 is 0 Å². The average molecular weight is 391 g/mol. The van der Waals surface area contributed by atoms with Crippen LogP contribution in [0.2, 0.25) is 5.02 Å². The Morgan fingerprint density at radius 1 is 1.22 bits per heavy atom. The second-order valence-corrected chi connectivity index (χ2v) is 6.96. The molecule has 144 valence electrons. The molecule has 0 unspecified atom stereocenters. The zero-order chi connectivity index (χ0) is 19.4. The number of rotatable bonds is 5. The minimum atomic E-state index is -0.0759. The van der Waals surface area contributed by atoms with Crippen molar-refractivity contribution in [2.45, 2.75) is 19.8 Å². The quantitative estimate of drug-likeness (QED) is 0.837. The Morgan fingerprint density at radius 2 is 1.93 bits per heavy atom. The van der Waals surface area contributed by atoms with Gasteiger partial charge in [-0.05, 0) is 24.8 Å². The molecule has 0 spiro atoms. The number of carbonyl (C=O) groups excluding carboxylic acids is 1. The predicted octanol–water partition coefficient (Wildman–Crippen LogP) is 3.76. The molecule has 0 saturated carbocycles. The maximum absolute atomic E-state index is 12.7. The monoisotopic (exact) mass is 390 g/mol. The van der Waals surface area contributed by atoms with Crippen LogP contribution in [0.5, 0.6) is 11.5 Å². The molecule has 1 aliphatic heterocycles. The van der Waals surface area contributed by atoms with Crippen LogP contribution in [0, 0.1) is 5.92 Å². The summed E-state index contributed by atoms with van der Waals surface area (Å²) in [4.78, 5) is 23.1. The standard InChI is InChI=1S/C19H23ClN4O3/c1-12-5-8-24(9-6-12)18(25)14-4-7-21-19(22-14)23-15-11-16(26-2)13(20)10-17(15)27-3/h4,7,10-12H,5-6,8-9H2,1-3H3,(H,21,22,23). The highest BCUT2D eigenvalue weighted by Crippen LogP contribution is 2.36. The molecule has 1 fully saturated rings. The van der Waals surface area contributed by atoms with Crippen LogP contribution >= 0.6 is 11.6 Å². The van der Waals surface area contributed by atoms with Gasteiger partial charge in [0.25, 0.3) is 5.91 Å². The number of hydrogen-bond acceptors (Lipinski definition) is 6. The number of halogens is 1. The molecule has 1 saturated heterocycles. The van der Waals surface area contributed by atoms with Crippen molar-refractivity contribution in [3.05, 3.63) is 35.1 Å². The molecule has 0 bridgehead atoms. The van der Waals surface area contributed by atoms with E-state index in [2.05, 4.69) is 22.2 Å². The largest absolute Gasteiger partial charge is 0.495 e. The normalized spacial score (nSPS) is 14.7. The van der Waals surface area contributed by atoms with Crippen molar-refractivity contribution in [3.63, 3.8) is 0 Å². The number of likely N-dealkylation sites (tertiary alicyclic amines) is 1.